The average molecular weight is 294 g/mol. The Morgan fingerprint density at radius 1 is 1.18 bits per heavy atom. The van der Waals surface area contributed by atoms with Crippen LogP contribution in [0.2, 0.25) is 0 Å². The molecule has 0 aromatic heterocycles. The molecule has 0 fully saturated rings. The standard InChI is InChI=1S/C14H13BrFN/c1-17-9-11-8-10(6-7-14(11)16)12-4-2-3-5-13(12)15/h2-8,17H,9H2,1H3. The summed E-state index contributed by atoms with van der Waals surface area (Å²) in [5, 5.41) is 2.97. The van der Waals surface area contributed by atoms with Gasteiger partial charge in [0, 0.05) is 16.6 Å². The fourth-order valence-corrected chi connectivity index (χ4v) is 2.28. The second-order valence-electron chi connectivity index (χ2n) is 3.82. The van der Waals surface area contributed by atoms with E-state index in [0.29, 0.717) is 12.1 Å². The molecule has 0 saturated carbocycles. The van der Waals surface area contributed by atoms with Crippen LogP contribution >= 0.6 is 15.9 Å². The largest absolute Gasteiger partial charge is 0.316 e. The van der Waals surface area contributed by atoms with Crippen molar-refractivity contribution in [2.24, 2.45) is 0 Å². The summed E-state index contributed by atoms with van der Waals surface area (Å²) >= 11 is 3.51. The van der Waals surface area contributed by atoms with Gasteiger partial charge in [-0.15, -0.1) is 0 Å². The highest BCUT2D eigenvalue weighted by Gasteiger charge is 2.06. The molecule has 88 valence electrons. The predicted molar refractivity (Wildman–Crippen MR) is 72.3 cm³/mol. The first kappa shape index (κ1) is 12.3. The summed E-state index contributed by atoms with van der Waals surface area (Å²) in [6.45, 7) is 0.532. The van der Waals surface area contributed by atoms with Gasteiger partial charge in [-0.05, 0) is 36.4 Å². The summed E-state index contributed by atoms with van der Waals surface area (Å²) < 4.78 is 14.5. The molecule has 0 aliphatic rings. The molecular formula is C14H13BrFN. The van der Waals surface area contributed by atoms with Crippen LogP contribution in [0.4, 0.5) is 4.39 Å². The van der Waals surface area contributed by atoms with Crippen LogP contribution in [0.1, 0.15) is 5.56 Å². The van der Waals surface area contributed by atoms with E-state index in [1.165, 1.54) is 6.07 Å². The molecule has 0 amide bonds. The van der Waals surface area contributed by atoms with Gasteiger partial charge in [-0.2, -0.15) is 0 Å². The Labute approximate surface area is 109 Å². The van der Waals surface area contributed by atoms with E-state index >= 15 is 0 Å². The van der Waals surface area contributed by atoms with Crippen LogP contribution in [-0.4, -0.2) is 7.05 Å². The average Bonchev–Trinajstić information content (AvgIpc) is 2.33. The molecule has 0 radical (unpaired) electrons. The maximum absolute atomic E-state index is 13.5. The lowest BCUT2D eigenvalue weighted by molar-refractivity contribution is 0.601. The molecule has 0 saturated heterocycles. The van der Waals surface area contributed by atoms with Crippen LogP contribution in [0.15, 0.2) is 46.9 Å². The number of hydrogen-bond donors (Lipinski definition) is 1. The van der Waals surface area contributed by atoms with Crippen LogP contribution in [0.25, 0.3) is 11.1 Å². The SMILES string of the molecule is CNCc1cc(-c2ccccc2Br)ccc1F. The minimum Gasteiger partial charge on any atom is -0.316 e. The van der Waals surface area contributed by atoms with E-state index in [-0.39, 0.29) is 5.82 Å². The molecule has 2 aromatic rings. The lowest BCUT2D eigenvalue weighted by atomic mass is 10.0. The lowest BCUT2D eigenvalue weighted by Gasteiger charge is -2.08. The molecule has 3 heteroatoms. The van der Waals surface area contributed by atoms with E-state index in [1.54, 1.807) is 6.07 Å². The second-order valence-corrected chi connectivity index (χ2v) is 4.67. The van der Waals surface area contributed by atoms with E-state index < -0.39 is 0 Å². The maximum atomic E-state index is 13.5. The van der Waals surface area contributed by atoms with E-state index in [9.17, 15) is 4.39 Å². The number of halogens is 2. The first-order valence-electron chi connectivity index (χ1n) is 5.40. The van der Waals surface area contributed by atoms with Crippen molar-refractivity contribution in [1.29, 1.82) is 0 Å². The van der Waals surface area contributed by atoms with E-state index in [2.05, 4.69) is 21.2 Å². The van der Waals surface area contributed by atoms with Crippen molar-refractivity contribution < 1.29 is 4.39 Å². The van der Waals surface area contributed by atoms with Crippen LogP contribution in [0.5, 0.6) is 0 Å². The van der Waals surface area contributed by atoms with Crippen molar-refractivity contribution >= 4 is 15.9 Å². The van der Waals surface area contributed by atoms with Crippen LogP contribution in [-0.2, 0) is 6.54 Å². The Hall–Kier alpha value is -1.19. The predicted octanol–water partition coefficient (Wildman–Crippen LogP) is 3.97. The Morgan fingerprint density at radius 2 is 1.94 bits per heavy atom. The van der Waals surface area contributed by atoms with Crippen molar-refractivity contribution in [3.63, 3.8) is 0 Å². The van der Waals surface area contributed by atoms with Crippen LogP contribution in [0.3, 0.4) is 0 Å². The first-order valence-corrected chi connectivity index (χ1v) is 6.19. The number of hydrogen-bond acceptors (Lipinski definition) is 1. The third kappa shape index (κ3) is 2.73. The molecule has 2 rings (SSSR count). The molecule has 1 nitrogen and oxygen atoms in total. The lowest BCUT2D eigenvalue weighted by Crippen LogP contribution is -2.07. The van der Waals surface area contributed by atoms with Crippen molar-refractivity contribution in [2.75, 3.05) is 7.05 Å². The smallest absolute Gasteiger partial charge is 0.127 e. The zero-order chi connectivity index (χ0) is 12.3. The third-order valence-electron chi connectivity index (χ3n) is 2.60. The number of rotatable bonds is 3. The van der Waals surface area contributed by atoms with Crippen molar-refractivity contribution in [3.8, 4) is 11.1 Å². The van der Waals surface area contributed by atoms with Gasteiger partial charge in [-0.3, -0.25) is 0 Å². The quantitative estimate of drug-likeness (QED) is 0.903. The monoisotopic (exact) mass is 293 g/mol. The van der Waals surface area contributed by atoms with Crippen LogP contribution < -0.4 is 5.32 Å². The molecule has 0 heterocycles. The van der Waals surface area contributed by atoms with Crippen molar-refractivity contribution in [1.82, 2.24) is 5.32 Å². The highest BCUT2D eigenvalue weighted by Crippen LogP contribution is 2.29. The van der Waals surface area contributed by atoms with Gasteiger partial charge in [0.1, 0.15) is 5.82 Å². The molecule has 0 bridgehead atoms. The fourth-order valence-electron chi connectivity index (χ4n) is 1.76. The molecule has 17 heavy (non-hydrogen) atoms. The van der Waals surface area contributed by atoms with E-state index in [0.717, 1.165) is 15.6 Å². The van der Waals surface area contributed by atoms with Gasteiger partial charge in [-0.25, -0.2) is 4.39 Å². The molecule has 0 atom stereocenters. The maximum Gasteiger partial charge on any atom is 0.127 e. The summed E-state index contributed by atoms with van der Waals surface area (Å²) in [5.74, 6) is -0.171. The van der Waals surface area contributed by atoms with Gasteiger partial charge in [0.2, 0.25) is 0 Å². The number of nitrogens with one attached hydrogen (secondary N) is 1. The minimum absolute atomic E-state index is 0.171. The molecule has 0 spiro atoms. The van der Waals surface area contributed by atoms with Gasteiger partial charge in [0.25, 0.3) is 0 Å². The number of benzene rings is 2. The third-order valence-corrected chi connectivity index (χ3v) is 3.29. The summed E-state index contributed by atoms with van der Waals surface area (Å²) in [4.78, 5) is 0. The Balaban J connectivity index is 2.46. The normalized spacial score (nSPS) is 10.5. The zero-order valence-corrected chi connectivity index (χ0v) is 11.1. The van der Waals surface area contributed by atoms with E-state index in [1.807, 2.05) is 37.4 Å². The summed E-state index contributed by atoms with van der Waals surface area (Å²) in [7, 11) is 1.81. The Bertz CT molecular complexity index is 525. The molecule has 0 aliphatic carbocycles. The highest BCUT2D eigenvalue weighted by atomic mass is 79.9. The van der Waals surface area contributed by atoms with Gasteiger partial charge in [0.05, 0.1) is 0 Å². The molecule has 0 unspecified atom stereocenters. The Kier molecular flexibility index (Phi) is 3.92. The fraction of sp³-hybridized carbons (Fsp3) is 0.143. The van der Waals surface area contributed by atoms with Crippen molar-refractivity contribution in [2.45, 2.75) is 6.54 Å². The summed E-state index contributed by atoms with van der Waals surface area (Å²) in [6.07, 6.45) is 0. The summed E-state index contributed by atoms with van der Waals surface area (Å²) in [5.41, 5.74) is 2.77. The zero-order valence-electron chi connectivity index (χ0n) is 9.50. The molecule has 1 N–H and O–H groups in total. The van der Waals surface area contributed by atoms with Gasteiger partial charge in [-0.1, -0.05) is 40.2 Å². The van der Waals surface area contributed by atoms with E-state index in [4.69, 9.17) is 0 Å². The minimum atomic E-state index is -0.171. The van der Waals surface area contributed by atoms with Crippen LogP contribution in [0, 0.1) is 5.82 Å². The molecular weight excluding hydrogens is 281 g/mol. The molecule has 2 aromatic carbocycles. The highest BCUT2D eigenvalue weighted by molar-refractivity contribution is 9.10. The topological polar surface area (TPSA) is 12.0 Å². The summed E-state index contributed by atoms with van der Waals surface area (Å²) in [6, 6.07) is 13.1. The Morgan fingerprint density at radius 3 is 2.65 bits per heavy atom. The van der Waals surface area contributed by atoms with Crippen molar-refractivity contribution in [3.05, 3.63) is 58.3 Å². The van der Waals surface area contributed by atoms with Gasteiger partial charge in [0.15, 0.2) is 0 Å². The van der Waals surface area contributed by atoms with Gasteiger partial charge < -0.3 is 5.32 Å². The second kappa shape index (κ2) is 5.43. The first-order chi connectivity index (χ1) is 8.22. The van der Waals surface area contributed by atoms with Gasteiger partial charge >= 0.3 is 0 Å². The molecule has 0 aliphatic heterocycles.